The van der Waals surface area contributed by atoms with Crippen LogP contribution in [-0.4, -0.2) is 32.0 Å². The molecule has 0 aliphatic carbocycles. The quantitative estimate of drug-likeness (QED) is 0.394. The molecule has 0 aromatic heterocycles. The highest BCUT2D eigenvalue weighted by Crippen LogP contribution is 2.38. The van der Waals surface area contributed by atoms with Gasteiger partial charge in [0.15, 0.2) is 0 Å². The molecule has 0 aromatic carbocycles. The Kier molecular flexibility index (Phi) is 6.94. The molecule has 16 heavy (non-hydrogen) atoms. The summed E-state index contributed by atoms with van der Waals surface area (Å²) in [6.45, 7) is 5.77. The summed E-state index contributed by atoms with van der Waals surface area (Å²) < 4.78 is 0. The Morgan fingerprint density at radius 2 is 1.50 bits per heavy atom. The Balaban J connectivity index is 4.91. The molecule has 0 heterocycles. The second-order valence-electron chi connectivity index (χ2n) is 4.55. The second kappa shape index (κ2) is 6.84. The standard InChI is InChI=1S/C12H26O3S/c1-4-7-10(13)11(14,8-5-2)12(15,16)9-6-3/h10,13-16H,4-9H2,1-3H3. The van der Waals surface area contributed by atoms with Gasteiger partial charge in [-0.05, 0) is 19.3 Å². The van der Waals surface area contributed by atoms with Gasteiger partial charge < -0.3 is 15.3 Å². The number of hydrogen-bond donors (Lipinski definition) is 4. The zero-order chi connectivity index (χ0) is 12.8. The summed E-state index contributed by atoms with van der Waals surface area (Å²) in [5, 5.41) is 30.7. The van der Waals surface area contributed by atoms with Crippen molar-refractivity contribution < 1.29 is 15.3 Å². The van der Waals surface area contributed by atoms with Crippen molar-refractivity contribution >= 4 is 12.6 Å². The number of hydrogen-bond acceptors (Lipinski definition) is 4. The maximum Gasteiger partial charge on any atom is 0.138 e. The van der Waals surface area contributed by atoms with E-state index in [0.29, 0.717) is 32.1 Å². The number of thiol groups is 1. The first kappa shape index (κ1) is 16.2. The SMILES string of the molecule is CCCC(O)C(O)(CCC)C(O)(S)CCC. The maximum absolute atomic E-state index is 10.5. The minimum Gasteiger partial charge on any atom is -0.390 e. The Labute approximate surface area is 104 Å². The lowest BCUT2D eigenvalue weighted by molar-refractivity contribution is -0.169. The van der Waals surface area contributed by atoms with E-state index in [-0.39, 0.29) is 0 Å². The molecular formula is C12H26O3S. The van der Waals surface area contributed by atoms with Gasteiger partial charge in [0.2, 0.25) is 0 Å². The molecule has 0 rings (SSSR count). The van der Waals surface area contributed by atoms with Crippen LogP contribution in [0.4, 0.5) is 0 Å². The van der Waals surface area contributed by atoms with Gasteiger partial charge in [0, 0.05) is 0 Å². The Morgan fingerprint density at radius 1 is 1.00 bits per heavy atom. The van der Waals surface area contributed by atoms with Crippen molar-refractivity contribution in [2.75, 3.05) is 0 Å². The highest BCUT2D eigenvalue weighted by Gasteiger charge is 2.50. The van der Waals surface area contributed by atoms with Crippen LogP contribution in [0.3, 0.4) is 0 Å². The summed E-state index contributed by atoms with van der Waals surface area (Å²) in [6.07, 6.45) is 2.45. The molecule has 0 spiro atoms. The summed E-state index contributed by atoms with van der Waals surface area (Å²) in [6, 6.07) is 0. The van der Waals surface area contributed by atoms with Gasteiger partial charge in [-0.2, -0.15) is 0 Å². The summed E-state index contributed by atoms with van der Waals surface area (Å²) in [5.41, 5.74) is -1.52. The minimum atomic E-state index is -1.52. The van der Waals surface area contributed by atoms with Gasteiger partial charge in [-0.15, -0.1) is 12.6 Å². The number of aliphatic hydroxyl groups excluding tert-OH is 1. The number of aliphatic hydroxyl groups is 3. The van der Waals surface area contributed by atoms with Crippen molar-refractivity contribution in [1.82, 2.24) is 0 Å². The molecule has 0 saturated carbocycles. The van der Waals surface area contributed by atoms with Crippen molar-refractivity contribution in [3.05, 3.63) is 0 Å². The van der Waals surface area contributed by atoms with Crippen LogP contribution in [0.25, 0.3) is 0 Å². The summed E-state index contributed by atoms with van der Waals surface area (Å²) in [4.78, 5) is -1.52. The van der Waals surface area contributed by atoms with Crippen LogP contribution in [0.15, 0.2) is 0 Å². The first-order valence-corrected chi connectivity index (χ1v) is 6.65. The van der Waals surface area contributed by atoms with Crippen molar-refractivity contribution in [2.45, 2.75) is 75.9 Å². The van der Waals surface area contributed by atoms with E-state index in [1.165, 1.54) is 0 Å². The molecular weight excluding hydrogens is 224 g/mol. The van der Waals surface area contributed by atoms with Gasteiger partial charge in [0.05, 0.1) is 6.10 Å². The van der Waals surface area contributed by atoms with E-state index in [2.05, 4.69) is 12.6 Å². The fourth-order valence-corrected chi connectivity index (χ4v) is 2.58. The van der Waals surface area contributed by atoms with Crippen molar-refractivity contribution in [3.8, 4) is 0 Å². The van der Waals surface area contributed by atoms with Gasteiger partial charge in [-0.1, -0.05) is 40.0 Å². The predicted octanol–water partition coefficient (Wildman–Crippen LogP) is 2.10. The van der Waals surface area contributed by atoms with Gasteiger partial charge in [0.25, 0.3) is 0 Å². The van der Waals surface area contributed by atoms with Crippen LogP contribution in [0, 0.1) is 0 Å². The molecule has 98 valence electrons. The average Bonchev–Trinajstić information content (AvgIpc) is 2.18. The van der Waals surface area contributed by atoms with Crippen LogP contribution in [-0.2, 0) is 0 Å². The highest BCUT2D eigenvalue weighted by molar-refractivity contribution is 7.81. The van der Waals surface area contributed by atoms with Crippen LogP contribution < -0.4 is 0 Å². The van der Waals surface area contributed by atoms with Gasteiger partial charge in [-0.3, -0.25) is 0 Å². The molecule has 0 amide bonds. The smallest absolute Gasteiger partial charge is 0.138 e. The molecule has 0 fully saturated rings. The van der Waals surface area contributed by atoms with Crippen molar-refractivity contribution in [1.29, 1.82) is 0 Å². The van der Waals surface area contributed by atoms with E-state index in [0.717, 1.165) is 6.42 Å². The molecule has 3 nitrogen and oxygen atoms in total. The molecule has 0 saturated heterocycles. The fourth-order valence-electron chi connectivity index (χ4n) is 2.09. The predicted molar refractivity (Wildman–Crippen MR) is 69.6 cm³/mol. The van der Waals surface area contributed by atoms with Crippen LogP contribution in [0.1, 0.15) is 59.3 Å². The summed E-state index contributed by atoms with van der Waals surface area (Å²) in [7, 11) is 0. The summed E-state index contributed by atoms with van der Waals surface area (Å²) >= 11 is 4.16. The van der Waals surface area contributed by atoms with Crippen molar-refractivity contribution in [2.24, 2.45) is 0 Å². The second-order valence-corrected chi connectivity index (χ2v) is 5.29. The fraction of sp³-hybridized carbons (Fsp3) is 1.00. The van der Waals surface area contributed by atoms with E-state index in [4.69, 9.17) is 0 Å². The molecule has 3 N–H and O–H groups in total. The van der Waals surface area contributed by atoms with Crippen LogP contribution in [0.2, 0.25) is 0 Å². The molecule has 4 heteroatoms. The van der Waals surface area contributed by atoms with Gasteiger partial charge in [-0.25, -0.2) is 0 Å². The number of rotatable bonds is 8. The Bertz CT molecular complexity index is 197. The van der Waals surface area contributed by atoms with E-state index < -0.39 is 16.6 Å². The average molecular weight is 250 g/mol. The largest absolute Gasteiger partial charge is 0.390 e. The lowest BCUT2D eigenvalue weighted by atomic mass is 9.81. The molecule has 0 bridgehead atoms. The Hall–Kier alpha value is 0.230. The third-order valence-electron chi connectivity index (χ3n) is 3.04. The molecule has 3 atom stereocenters. The van der Waals surface area contributed by atoms with Gasteiger partial charge >= 0.3 is 0 Å². The third kappa shape index (κ3) is 3.62. The van der Waals surface area contributed by atoms with Crippen molar-refractivity contribution in [3.63, 3.8) is 0 Å². The lowest BCUT2D eigenvalue weighted by Gasteiger charge is -2.43. The van der Waals surface area contributed by atoms with E-state index in [9.17, 15) is 15.3 Å². The topological polar surface area (TPSA) is 60.7 Å². The molecule has 3 unspecified atom stereocenters. The Morgan fingerprint density at radius 3 is 1.88 bits per heavy atom. The molecule has 0 aliphatic rings. The van der Waals surface area contributed by atoms with Crippen LogP contribution in [0.5, 0.6) is 0 Å². The monoisotopic (exact) mass is 250 g/mol. The van der Waals surface area contributed by atoms with E-state index >= 15 is 0 Å². The summed E-state index contributed by atoms with van der Waals surface area (Å²) in [5.74, 6) is 0. The lowest BCUT2D eigenvalue weighted by Crippen LogP contribution is -2.58. The third-order valence-corrected chi connectivity index (χ3v) is 3.65. The van der Waals surface area contributed by atoms with E-state index in [1.807, 2.05) is 20.8 Å². The first-order valence-electron chi connectivity index (χ1n) is 6.20. The normalized spacial score (nSPS) is 21.2. The van der Waals surface area contributed by atoms with E-state index in [1.54, 1.807) is 0 Å². The molecule has 0 radical (unpaired) electrons. The zero-order valence-electron chi connectivity index (χ0n) is 10.6. The highest BCUT2D eigenvalue weighted by atomic mass is 32.1. The van der Waals surface area contributed by atoms with Crippen LogP contribution >= 0.6 is 12.6 Å². The molecule has 0 aliphatic heterocycles. The minimum absolute atomic E-state index is 0.355. The van der Waals surface area contributed by atoms with Gasteiger partial charge in [0.1, 0.15) is 10.5 Å². The molecule has 0 aromatic rings. The maximum atomic E-state index is 10.5. The zero-order valence-corrected chi connectivity index (χ0v) is 11.5. The first-order chi connectivity index (χ1) is 7.35.